The highest BCUT2D eigenvalue weighted by Crippen LogP contribution is 2.17. The minimum absolute atomic E-state index is 0.111. The average molecular weight is 274 g/mol. The summed E-state index contributed by atoms with van der Waals surface area (Å²) in [5.74, 6) is -0.404. The number of carbonyl (C=O) groups is 1. The number of anilines is 1. The van der Waals surface area contributed by atoms with Gasteiger partial charge in [0.05, 0.1) is 0 Å². The normalized spacial score (nSPS) is 10.2. The number of hydrogen-bond donors (Lipinski definition) is 2. The fourth-order valence-corrected chi connectivity index (χ4v) is 2.03. The van der Waals surface area contributed by atoms with Crippen molar-refractivity contribution in [1.82, 2.24) is 4.98 Å². The van der Waals surface area contributed by atoms with Crippen LogP contribution in [0.3, 0.4) is 0 Å². The summed E-state index contributed by atoms with van der Waals surface area (Å²) in [7, 11) is 0. The van der Waals surface area contributed by atoms with E-state index in [1.807, 2.05) is 30.5 Å². The SMILES string of the molecule is CSc1ccc(NC(=O)c2c[nH]c(C)cc2=O)cc1. The van der Waals surface area contributed by atoms with Gasteiger partial charge in [-0.05, 0) is 37.4 Å². The number of pyridine rings is 1. The summed E-state index contributed by atoms with van der Waals surface area (Å²) in [5.41, 5.74) is 1.22. The Bertz CT molecular complexity index is 647. The summed E-state index contributed by atoms with van der Waals surface area (Å²) >= 11 is 1.63. The topological polar surface area (TPSA) is 62.0 Å². The summed E-state index contributed by atoms with van der Waals surface area (Å²) in [5, 5.41) is 2.70. The van der Waals surface area contributed by atoms with E-state index in [1.54, 1.807) is 18.7 Å². The first-order chi connectivity index (χ1) is 9.10. The second-order valence-corrected chi connectivity index (χ2v) is 4.96. The van der Waals surface area contributed by atoms with Crippen LogP contribution in [0.15, 0.2) is 46.2 Å². The molecule has 2 rings (SSSR count). The summed E-state index contributed by atoms with van der Waals surface area (Å²) in [6, 6.07) is 8.86. The van der Waals surface area contributed by atoms with Gasteiger partial charge in [-0.25, -0.2) is 0 Å². The van der Waals surface area contributed by atoms with Gasteiger partial charge in [0.25, 0.3) is 5.91 Å². The Morgan fingerprint density at radius 1 is 1.26 bits per heavy atom. The van der Waals surface area contributed by atoms with Gasteiger partial charge < -0.3 is 10.3 Å². The van der Waals surface area contributed by atoms with E-state index in [0.717, 1.165) is 10.6 Å². The molecule has 0 aliphatic heterocycles. The zero-order valence-electron chi connectivity index (χ0n) is 10.7. The molecular weight excluding hydrogens is 260 g/mol. The maximum atomic E-state index is 12.0. The first-order valence-corrected chi connectivity index (χ1v) is 6.97. The van der Waals surface area contributed by atoms with Crippen molar-refractivity contribution in [3.63, 3.8) is 0 Å². The third kappa shape index (κ3) is 3.26. The largest absolute Gasteiger partial charge is 0.364 e. The number of aryl methyl sites for hydroxylation is 1. The van der Waals surface area contributed by atoms with Crippen LogP contribution < -0.4 is 10.7 Å². The van der Waals surface area contributed by atoms with E-state index in [9.17, 15) is 9.59 Å². The second-order valence-electron chi connectivity index (χ2n) is 4.08. The number of hydrogen-bond acceptors (Lipinski definition) is 3. The van der Waals surface area contributed by atoms with Crippen molar-refractivity contribution in [2.24, 2.45) is 0 Å². The number of amides is 1. The zero-order chi connectivity index (χ0) is 13.8. The van der Waals surface area contributed by atoms with Crippen LogP contribution in [0.25, 0.3) is 0 Å². The summed E-state index contributed by atoms with van der Waals surface area (Å²) in [6.07, 6.45) is 3.42. The van der Waals surface area contributed by atoms with Gasteiger partial charge in [0.1, 0.15) is 5.56 Å². The van der Waals surface area contributed by atoms with Gasteiger partial charge in [-0.15, -0.1) is 11.8 Å². The maximum absolute atomic E-state index is 12.0. The molecule has 0 bridgehead atoms. The van der Waals surface area contributed by atoms with Crippen molar-refractivity contribution >= 4 is 23.4 Å². The predicted molar refractivity (Wildman–Crippen MR) is 78.0 cm³/mol. The van der Waals surface area contributed by atoms with Gasteiger partial charge in [0.2, 0.25) is 0 Å². The maximum Gasteiger partial charge on any atom is 0.261 e. The predicted octanol–water partition coefficient (Wildman–Crippen LogP) is 2.66. The molecule has 0 spiro atoms. The quantitative estimate of drug-likeness (QED) is 0.846. The second kappa shape index (κ2) is 5.75. The molecule has 0 atom stereocenters. The van der Waals surface area contributed by atoms with Crippen LogP contribution in [0.2, 0.25) is 0 Å². The Balaban J connectivity index is 2.18. The van der Waals surface area contributed by atoms with Crippen molar-refractivity contribution in [2.75, 3.05) is 11.6 Å². The summed E-state index contributed by atoms with van der Waals surface area (Å²) in [4.78, 5) is 27.6. The molecule has 4 nitrogen and oxygen atoms in total. The Morgan fingerprint density at radius 3 is 2.53 bits per heavy atom. The van der Waals surface area contributed by atoms with Gasteiger partial charge in [-0.3, -0.25) is 9.59 Å². The molecule has 0 aliphatic carbocycles. The van der Waals surface area contributed by atoms with E-state index in [1.165, 1.54) is 12.3 Å². The molecule has 5 heteroatoms. The monoisotopic (exact) mass is 274 g/mol. The van der Waals surface area contributed by atoms with Gasteiger partial charge in [-0.2, -0.15) is 0 Å². The fraction of sp³-hybridized carbons (Fsp3) is 0.143. The number of carbonyl (C=O) groups excluding carboxylic acids is 1. The molecule has 0 aliphatic rings. The molecule has 2 N–H and O–H groups in total. The van der Waals surface area contributed by atoms with Crippen LogP contribution in [0.5, 0.6) is 0 Å². The molecule has 19 heavy (non-hydrogen) atoms. The molecule has 1 aromatic carbocycles. The van der Waals surface area contributed by atoms with E-state index >= 15 is 0 Å². The van der Waals surface area contributed by atoms with Crippen molar-refractivity contribution in [3.8, 4) is 0 Å². The molecule has 1 aromatic heterocycles. The third-order valence-electron chi connectivity index (χ3n) is 2.65. The lowest BCUT2D eigenvalue weighted by atomic mass is 10.2. The van der Waals surface area contributed by atoms with Crippen LogP contribution >= 0.6 is 11.8 Å². The van der Waals surface area contributed by atoms with Crippen molar-refractivity contribution in [3.05, 3.63) is 58.0 Å². The minimum atomic E-state index is -0.404. The Labute approximate surface area is 115 Å². The number of thioether (sulfide) groups is 1. The number of aromatic amines is 1. The highest BCUT2D eigenvalue weighted by molar-refractivity contribution is 7.98. The minimum Gasteiger partial charge on any atom is -0.364 e. The van der Waals surface area contributed by atoms with E-state index in [2.05, 4.69) is 10.3 Å². The molecule has 0 fully saturated rings. The van der Waals surface area contributed by atoms with Gasteiger partial charge in [0.15, 0.2) is 5.43 Å². The molecule has 0 saturated heterocycles. The smallest absolute Gasteiger partial charge is 0.261 e. The van der Waals surface area contributed by atoms with Gasteiger partial charge >= 0.3 is 0 Å². The van der Waals surface area contributed by atoms with E-state index in [4.69, 9.17) is 0 Å². The molecule has 0 radical (unpaired) electrons. The number of benzene rings is 1. The fourth-order valence-electron chi connectivity index (χ4n) is 1.62. The highest BCUT2D eigenvalue weighted by atomic mass is 32.2. The Hall–Kier alpha value is -2.01. The molecule has 1 amide bonds. The third-order valence-corrected chi connectivity index (χ3v) is 3.39. The Morgan fingerprint density at radius 2 is 1.95 bits per heavy atom. The van der Waals surface area contributed by atoms with Crippen LogP contribution in [-0.4, -0.2) is 17.1 Å². The lowest BCUT2D eigenvalue weighted by Crippen LogP contribution is -2.21. The van der Waals surface area contributed by atoms with Crippen LogP contribution in [-0.2, 0) is 0 Å². The molecular formula is C14H14N2O2S. The van der Waals surface area contributed by atoms with E-state index in [-0.39, 0.29) is 11.0 Å². The number of rotatable bonds is 3. The Kier molecular flexibility index (Phi) is 4.06. The molecule has 98 valence electrons. The van der Waals surface area contributed by atoms with Crippen LogP contribution in [0.1, 0.15) is 16.1 Å². The lowest BCUT2D eigenvalue weighted by Gasteiger charge is -2.05. The van der Waals surface area contributed by atoms with Crippen molar-refractivity contribution in [1.29, 1.82) is 0 Å². The standard InChI is InChI=1S/C14H14N2O2S/c1-9-7-13(17)12(8-15-9)14(18)16-10-3-5-11(19-2)6-4-10/h3-8H,1-2H3,(H,15,17)(H,16,18). The van der Waals surface area contributed by atoms with E-state index in [0.29, 0.717) is 5.69 Å². The summed E-state index contributed by atoms with van der Waals surface area (Å²) in [6.45, 7) is 1.77. The number of nitrogens with one attached hydrogen (secondary N) is 2. The van der Waals surface area contributed by atoms with E-state index < -0.39 is 5.91 Å². The summed E-state index contributed by atoms with van der Waals surface area (Å²) < 4.78 is 0. The first kappa shape index (κ1) is 13.4. The lowest BCUT2D eigenvalue weighted by molar-refractivity contribution is 0.102. The highest BCUT2D eigenvalue weighted by Gasteiger charge is 2.10. The van der Waals surface area contributed by atoms with Crippen LogP contribution in [0.4, 0.5) is 5.69 Å². The molecule has 2 aromatic rings. The van der Waals surface area contributed by atoms with Crippen molar-refractivity contribution in [2.45, 2.75) is 11.8 Å². The van der Waals surface area contributed by atoms with Crippen LogP contribution in [0, 0.1) is 6.92 Å². The molecule has 0 unspecified atom stereocenters. The first-order valence-electron chi connectivity index (χ1n) is 5.75. The molecule has 1 heterocycles. The van der Waals surface area contributed by atoms with Crippen molar-refractivity contribution < 1.29 is 4.79 Å². The van der Waals surface area contributed by atoms with Gasteiger partial charge in [0, 0.05) is 28.5 Å². The number of H-pyrrole nitrogens is 1. The number of aromatic nitrogens is 1. The molecule has 0 saturated carbocycles. The van der Waals surface area contributed by atoms with Gasteiger partial charge in [-0.1, -0.05) is 0 Å². The zero-order valence-corrected chi connectivity index (χ0v) is 11.5. The average Bonchev–Trinajstić information content (AvgIpc) is 2.39.